The van der Waals surface area contributed by atoms with Crippen LogP contribution in [0.15, 0.2) is 30.3 Å². The molecule has 0 aromatic heterocycles. The highest BCUT2D eigenvalue weighted by atomic mass is 19.3. The predicted octanol–water partition coefficient (Wildman–Crippen LogP) is 1.39. The van der Waals surface area contributed by atoms with Gasteiger partial charge in [-0.3, -0.25) is 9.59 Å². The van der Waals surface area contributed by atoms with Crippen molar-refractivity contribution in [1.82, 2.24) is 10.6 Å². The smallest absolute Gasteiger partial charge is 0.321 e. The van der Waals surface area contributed by atoms with Crippen LogP contribution in [0.4, 0.5) is 8.78 Å². The average Bonchev–Trinajstić information content (AvgIpc) is 2.70. The highest BCUT2D eigenvalue weighted by Gasteiger charge is 2.39. The Kier molecular flexibility index (Phi) is 3.50. The first kappa shape index (κ1) is 13.5. The molecule has 1 aliphatic heterocycles. The molecule has 0 saturated carbocycles. The van der Waals surface area contributed by atoms with Gasteiger partial charge >= 0.3 is 5.92 Å². The lowest BCUT2D eigenvalue weighted by molar-refractivity contribution is -0.143. The fraction of sp³-hybridized carbons (Fsp3) is 0.385. The highest BCUT2D eigenvalue weighted by molar-refractivity contribution is 5.86. The zero-order valence-corrected chi connectivity index (χ0v) is 10.3. The van der Waals surface area contributed by atoms with E-state index < -0.39 is 23.9 Å². The van der Waals surface area contributed by atoms with Crippen molar-refractivity contribution in [3.63, 3.8) is 0 Å². The van der Waals surface area contributed by atoms with E-state index in [0.29, 0.717) is 6.92 Å². The zero-order valence-electron chi connectivity index (χ0n) is 10.3. The molecule has 1 saturated heterocycles. The first-order valence-electron chi connectivity index (χ1n) is 5.91. The van der Waals surface area contributed by atoms with Crippen LogP contribution in [0.3, 0.4) is 0 Å². The largest absolute Gasteiger partial charge is 0.347 e. The minimum absolute atomic E-state index is 0.00137. The molecule has 1 heterocycles. The van der Waals surface area contributed by atoms with Crippen LogP contribution in [-0.2, 0) is 9.59 Å². The molecule has 0 unspecified atom stereocenters. The van der Waals surface area contributed by atoms with Crippen LogP contribution in [0.2, 0.25) is 0 Å². The monoisotopic (exact) mass is 268 g/mol. The number of carbonyl (C=O) groups is 2. The molecule has 1 aliphatic rings. The van der Waals surface area contributed by atoms with Gasteiger partial charge in [0.25, 0.3) is 5.91 Å². The van der Waals surface area contributed by atoms with E-state index in [4.69, 9.17) is 0 Å². The minimum atomic E-state index is -3.45. The summed E-state index contributed by atoms with van der Waals surface area (Å²) in [5, 5.41) is 4.90. The van der Waals surface area contributed by atoms with Crippen LogP contribution in [0.5, 0.6) is 0 Å². The molecule has 1 aromatic carbocycles. The summed E-state index contributed by atoms with van der Waals surface area (Å²) < 4.78 is 25.8. The lowest BCUT2D eigenvalue weighted by Gasteiger charge is -2.22. The second kappa shape index (κ2) is 4.95. The molecule has 2 N–H and O–H groups in total. The van der Waals surface area contributed by atoms with Gasteiger partial charge in [-0.25, -0.2) is 0 Å². The Hall–Kier alpha value is -1.98. The Morgan fingerprint density at radius 3 is 2.58 bits per heavy atom. The van der Waals surface area contributed by atoms with E-state index in [9.17, 15) is 18.4 Å². The first-order chi connectivity index (χ1) is 8.88. The Bertz CT molecular complexity index is 485. The SMILES string of the molecule is CC(F)(F)C(=O)N[C@H]1CC(=O)N[C@@H]1c1ccccc1. The van der Waals surface area contributed by atoms with Crippen molar-refractivity contribution in [2.75, 3.05) is 0 Å². The van der Waals surface area contributed by atoms with Gasteiger partial charge in [-0.05, 0) is 5.56 Å². The lowest BCUT2D eigenvalue weighted by atomic mass is 10.0. The number of halogens is 2. The summed E-state index contributed by atoms with van der Waals surface area (Å²) in [4.78, 5) is 22.7. The second-order valence-electron chi connectivity index (χ2n) is 4.63. The summed E-state index contributed by atoms with van der Waals surface area (Å²) in [6.07, 6.45) is 0.00137. The number of nitrogens with one attached hydrogen (secondary N) is 2. The number of alkyl halides is 2. The summed E-state index contributed by atoms with van der Waals surface area (Å²) in [5.41, 5.74) is 0.776. The lowest BCUT2D eigenvalue weighted by Crippen LogP contribution is -2.45. The highest BCUT2D eigenvalue weighted by Crippen LogP contribution is 2.25. The molecule has 0 radical (unpaired) electrons. The van der Waals surface area contributed by atoms with Gasteiger partial charge in [0.05, 0.1) is 12.1 Å². The van der Waals surface area contributed by atoms with E-state index in [0.717, 1.165) is 5.56 Å². The topological polar surface area (TPSA) is 58.2 Å². The van der Waals surface area contributed by atoms with Gasteiger partial charge in [-0.2, -0.15) is 8.78 Å². The van der Waals surface area contributed by atoms with Gasteiger partial charge in [0.15, 0.2) is 0 Å². The minimum Gasteiger partial charge on any atom is -0.347 e. The van der Waals surface area contributed by atoms with Crippen molar-refractivity contribution in [3.05, 3.63) is 35.9 Å². The van der Waals surface area contributed by atoms with Crippen LogP contribution < -0.4 is 10.6 Å². The van der Waals surface area contributed by atoms with Crippen molar-refractivity contribution in [3.8, 4) is 0 Å². The summed E-state index contributed by atoms with van der Waals surface area (Å²) >= 11 is 0. The normalized spacial score (nSPS) is 23.0. The van der Waals surface area contributed by atoms with Gasteiger partial charge in [-0.1, -0.05) is 30.3 Å². The zero-order chi connectivity index (χ0) is 14.0. The maximum Gasteiger partial charge on any atom is 0.321 e. The number of hydrogen-bond acceptors (Lipinski definition) is 2. The fourth-order valence-electron chi connectivity index (χ4n) is 2.06. The standard InChI is InChI=1S/C13H14F2N2O2/c1-13(14,15)12(19)16-9-7-10(18)17-11(9)8-5-3-2-4-6-8/h2-6,9,11H,7H2,1H3,(H,16,19)(H,17,18)/t9-,11+/m0/s1. The van der Waals surface area contributed by atoms with Crippen LogP contribution in [0.25, 0.3) is 0 Å². The fourth-order valence-corrected chi connectivity index (χ4v) is 2.06. The molecule has 0 spiro atoms. The van der Waals surface area contributed by atoms with E-state index in [-0.39, 0.29) is 12.3 Å². The summed E-state index contributed by atoms with van der Waals surface area (Å²) in [7, 11) is 0. The van der Waals surface area contributed by atoms with Gasteiger partial charge in [-0.15, -0.1) is 0 Å². The molecular formula is C13H14F2N2O2. The van der Waals surface area contributed by atoms with Crippen LogP contribution in [0.1, 0.15) is 24.9 Å². The van der Waals surface area contributed by atoms with Crippen LogP contribution in [0, 0.1) is 0 Å². The molecule has 1 fully saturated rings. The number of rotatable bonds is 3. The molecule has 1 aromatic rings. The summed E-state index contributed by atoms with van der Waals surface area (Å²) in [6, 6.07) is 7.81. The third-order valence-corrected chi connectivity index (χ3v) is 3.00. The van der Waals surface area contributed by atoms with Gasteiger partial charge in [0.2, 0.25) is 5.91 Å². The quantitative estimate of drug-likeness (QED) is 0.870. The third-order valence-electron chi connectivity index (χ3n) is 3.00. The second-order valence-corrected chi connectivity index (χ2v) is 4.63. The number of hydrogen-bond donors (Lipinski definition) is 2. The molecule has 2 amide bonds. The van der Waals surface area contributed by atoms with Gasteiger partial charge in [0, 0.05) is 13.3 Å². The molecule has 4 nitrogen and oxygen atoms in total. The van der Waals surface area contributed by atoms with E-state index in [1.165, 1.54) is 0 Å². The number of benzene rings is 1. The van der Waals surface area contributed by atoms with Crippen molar-refractivity contribution < 1.29 is 18.4 Å². The van der Waals surface area contributed by atoms with Crippen LogP contribution >= 0.6 is 0 Å². The van der Waals surface area contributed by atoms with Gasteiger partial charge < -0.3 is 10.6 Å². The molecule has 6 heteroatoms. The Morgan fingerprint density at radius 1 is 1.37 bits per heavy atom. The Labute approximate surface area is 109 Å². The van der Waals surface area contributed by atoms with E-state index >= 15 is 0 Å². The van der Waals surface area contributed by atoms with E-state index in [2.05, 4.69) is 10.6 Å². The predicted molar refractivity (Wildman–Crippen MR) is 64.5 cm³/mol. The maximum atomic E-state index is 12.9. The molecular weight excluding hydrogens is 254 g/mol. The summed E-state index contributed by atoms with van der Waals surface area (Å²) in [5.74, 6) is -5.08. The third kappa shape index (κ3) is 3.07. The van der Waals surface area contributed by atoms with Crippen molar-refractivity contribution in [1.29, 1.82) is 0 Å². The van der Waals surface area contributed by atoms with Crippen molar-refractivity contribution >= 4 is 11.8 Å². The molecule has 19 heavy (non-hydrogen) atoms. The number of carbonyl (C=O) groups excluding carboxylic acids is 2. The molecule has 2 rings (SSSR count). The van der Waals surface area contributed by atoms with E-state index in [1.54, 1.807) is 24.3 Å². The molecule has 0 aliphatic carbocycles. The van der Waals surface area contributed by atoms with Gasteiger partial charge in [0.1, 0.15) is 0 Å². The van der Waals surface area contributed by atoms with Crippen LogP contribution in [-0.4, -0.2) is 23.8 Å². The van der Waals surface area contributed by atoms with Crippen molar-refractivity contribution in [2.24, 2.45) is 0 Å². The average molecular weight is 268 g/mol. The summed E-state index contributed by atoms with van der Waals surface area (Å²) in [6.45, 7) is 0.532. The first-order valence-corrected chi connectivity index (χ1v) is 5.91. The Morgan fingerprint density at radius 2 is 2.00 bits per heavy atom. The molecule has 2 atom stereocenters. The van der Waals surface area contributed by atoms with E-state index in [1.807, 2.05) is 6.07 Å². The Balaban J connectivity index is 2.15. The molecule has 102 valence electrons. The number of amides is 2. The van der Waals surface area contributed by atoms with Crippen molar-refractivity contribution in [2.45, 2.75) is 31.4 Å². The molecule has 0 bridgehead atoms. The maximum absolute atomic E-state index is 12.9.